The molecule has 3 rings (SSSR count). The van der Waals surface area contributed by atoms with E-state index >= 15 is 0 Å². The standard InChI is InChI=1S/C15H9F4N5S2/c1-24-11-5-12(16)21-22-13(11)26-14(23-24)25-7-8-2-3-10(15(17,18)19)4-9(8)6-20/h2-5H,7H2,1H3. The van der Waals surface area contributed by atoms with E-state index in [4.69, 9.17) is 5.26 Å². The average Bonchev–Trinajstić information content (AvgIpc) is 2.59. The van der Waals surface area contributed by atoms with Crippen molar-refractivity contribution in [3.8, 4) is 6.07 Å². The van der Waals surface area contributed by atoms with Crippen LogP contribution in [-0.4, -0.2) is 21.6 Å². The van der Waals surface area contributed by atoms with E-state index in [1.54, 1.807) is 13.1 Å². The van der Waals surface area contributed by atoms with Crippen molar-refractivity contribution in [2.45, 2.75) is 17.0 Å². The van der Waals surface area contributed by atoms with Crippen LogP contribution in [0.3, 0.4) is 0 Å². The molecule has 0 fully saturated rings. The van der Waals surface area contributed by atoms with Crippen molar-refractivity contribution in [3.63, 3.8) is 0 Å². The molecule has 0 spiro atoms. The summed E-state index contributed by atoms with van der Waals surface area (Å²) in [6.07, 6.45) is -4.50. The molecule has 0 N–H and O–H groups in total. The molecular weight excluding hydrogens is 390 g/mol. The van der Waals surface area contributed by atoms with Crippen LogP contribution in [0.15, 0.2) is 34.4 Å². The highest BCUT2D eigenvalue weighted by molar-refractivity contribution is 8.38. The molecule has 0 saturated heterocycles. The van der Waals surface area contributed by atoms with Gasteiger partial charge in [-0.05, 0) is 29.5 Å². The van der Waals surface area contributed by atoms with Crippen LogP contribution in [-0.2, 0) is 11.9 Å². The highest BCUT2D eigenvalue weighted by atomic mass is 32.2. The first kappa shape index (κ1) is 18.5. The van der Waals surface area contributed by atoms with Crippen molar-refractivity contribution >= 4 is 33.6 Å². The largest absolute Gasteiger partial charge is 0.416 e. The molecule has 1 aliphatic rings. The van der Waals surface area contributed by atoms with E-state index in [1.807, 2.05) is 0 Å². The lowest BCUT2D eigenvalue weighted by molar-refractivity contribution is -0.137. The molecule has 0 saturated carbocycles. The first-order chi connectivity index (χ1) is 12.3. The Kier molecular flexibility index (Phi) is 5.06. The first-order valence-corrected chi connectivity index (χ1v) is 8.84. The van der Waals surface area contributed by atoms with Crippen LogP contribution in [0.4, 0.5) is 23.2 Å². The van der Waals surface area contributed by atoms with Gasteiger partial charge < -0.3 is 0 Å². The Balaban J connectivity index is 1.76. The van der Waals surface area contributed by atoms with Gasteiger partial charge >= 0.3 is 6.18 Å². The Morgan fingerprint density at radius 2 is 2.04 bits per heavy atom. The summed E-state index contributed by atoms with van der Waals surface area (Å²) in [4.78, 5) is 0. The molecular formula is C15H9F4N5S2. The summed E-state index contributed by atoms with van der Waals surface area (Å²) in [6, 6.07) is 6.07. The van der Waals surface area contributed by atoms with Gasteiger partial charge in [-0.15, -0.1) is 10.2 Å². The molecule has 11 heteroatoms. The highest BCUT2D eigenvalue weighted by Crippen LogP contribution is 2.38. The Bertz CT molecular complexity index is 923. The maximum Gasteiger partial charge on any atom is 0.416 e. The molecule has 0 radical (unpaired) electrons. The van der Waals surface area contributed by atoms with Gasteiger partial charge in [0.25, 0.3) is 0 Å². The first-order valence-electron chi connectivity index (χ1n) is 7.04. The fourth-order valence-electron chi connectivity index (χ4n) is 2.11. The predicted molar refractivity (Wildman–Crippen MR) is 91.1 cm³/mol. The quantitative estimate of drug-likeness (QED) is 0.704. The number of halogens is 4. The molecule has 1 aliphatic heterocycles. The summed E-state index contributed by atoms with van der Waals surface area (Å²) in [5.74, 6) is -0.462. The molecule has 0 atom stereocenters. The van der Waals surface area contributed by atoms with Gasteiger partial charge in [-0.1, -0.05) is 17.8 Å². The fraction of sp³-hybridized carbons (Fsp3) is 0.200. The number of aromatic nitrogens is 2. The van der Waals surface area contributed by atoms with Gasteiger partial charge in [0.1, 0.15) is 0 Å². The summed E-state index contributed by atoms with van der Waals surface area (Å²) < 4.78 is 51.9. The van der Waals surface area contributed by atoms with Crippen LogP contribution >= 0.6 is 23.5 Å². The van der Waals surface area contributed by atoms with Crippen molar-refractivity contribution in [2.75, 3.05) is 12.1 Å². The second-order valence-corrected chi connectivity index (χ2v) is 7.32. The molecule has 0 aliphatic carbocycles. The Labute approximate surface area is 154 Å². The number of hydrazone groups is 1. The number of alkyl halides is 3. The Morgan fingerprint density at radius 3 is 2.73 bits per heavy atom. The Morgan fingerprint density at radius 1 is 1.27 bits per heavy atom. The van der Waals surface area contributed by atoms with Crippen LogP contribution in [0, 0.1) is 17.3 Å². The molecule has 5 nitrogen and oxygen atoms in total. The summed E-state index contributed by atoms with van der Waals surface area (Å²) in [5, 5.41) is 22.4. The van der Waals surface area contributed by atoms with Gasteiger partial charge in [0, 0.05) is 18.9 Å². The molecule has 0 bridgehead atoms. The van der Waals surface area contributed by atoms with Gasteiger partial charge in [0.2, 0.25) is 5.95 Å². The molecule has 1 aromatic heterocycles. The number of nitriles is 1. The third kappa shape index (κ3) is 3.91. The van der Waals surface area contributed by atoms with Crippen LogP contribution in [0.5, 0.6) is 0 Å². The van der Waals surface area contributed by atoms with E-state index in [0.29, 0.717) is 20.7 Å². The fourth-order valence-corrected chi connectivity index (χ4v) is 4.18. The van der Waals surface area contributed by atoms with E-state index in [-0.39, 0.29) is 11.3 Å². The SMILES string of the molecule is CN1N=C(SCc2ccc(C(F)(F)F)cc2C#N)Sc2nnc(F)cc21. The maximum absolute atomic E-state index is 13.2. The average molecular weight is 399 g/mol. The Hall–Kier alpha value is -2.32. The molecule has 0 amide bonds. The van der Waals surface area contributed by atoms with Gasteiger partial charge in [0.05, 0.1) is 22.9 Å². The van der Waals surface area contributed by atoms with Crippen molar-refractivity contribution < 1.29 is 17.6 Å². The highest BCUT2D eigenvalue weighted by Gasteiger charge is 2.31. The second-order valence-electron chi connectivity index (χ2n) is 5.12. The lowest BCUT2D eigenvalue weighted by Gasteiger charge is -2.22. The minimum Gasteiger partial charge on any atom is -0.264 e. The van der Waals surface area contributed by atoms with E-state index in [0.717, 1.165) is 12.1 Å². The molecule has 26 heavy (non-hydrogen) atoms. The van der Waals surface area contributed by atoms with Crippen molar-refractivity contribution in [3.05, 3.63) is 46.9 Å². The maximum atomic E-state index is 13.2. The normalized spacial score (nSPS) is 13.8. The zero-order chi connectivity index (χ0) is 18.9. The number of anilines is 1. The third-order valence-corrected chi connectivity index (χ3v) is 5.51. The molecule has 134 valence electrons. The number of fused-ring (bicyclic) bond motifs is 1. The van der Waals surface area contributed by atoms with E-state index in [1.165, 1.54) is 40.7 Å². The number of hydrogen-bond acceptors (Lipinski definition) is 7. The summed E-state index contributed by atoms with van der Waals surface area (Å²) in [5.41, 5.74) is 0.0361. The van der Waals surface area contributed by atoms with Crippen molar-refractivity contribution in [2.24, 2.45) is 5.10 Å². The molecule has 2 heterocycles. The third-order valence-electron chi connectivity index (χ3n) is 3.38. The summed E-state index contributed by atoms with van der Waals surface area (Å²) >= 11 is 2.42. The van der Waals surface area contributed by atoms with Crippen LogP contribution in [0.25, 0.3) is 0 Å². The minimum absolute atomic E-state index is 0.0376. The van der Waals surface area contributed by atoms with Crippen molar-refractivity contribution in [1.29, 1.82) is 5.26 Å². The van der Waals surface area contributed by atoms with Crippen LogP contribution < -0.4 is 5.01 Å². The van der Waals surface area contributed by atoms with E-state index in [9.17, 15) is 17.6 Å². The summed E-state index contributed by atoms with van der Waals surface area (Å²) in [7, 11) is 1.62. The topological polar surface area (TPSA) is 65.2 Å². The van der Waals surface area contributed by atoms with E-state index in [2.05, 4.69) is 15.3 Å². The molecule has 2 aromatic rings. The minimum atomic E-state index is -4.50. The molecule has 0 unspecified atom stereocenters. The van der Waals surface area contributed by atoms with Crippen LogP contribution in [0.1, 0.15) is 16.7 Å². The lowest BCUT2D eigenvalue weighted by atomic mass is 10.1. The molecule has 1 aromatic carbocycles. The lowest BCUT2D eigenvalue weighted by Crippen LogP contribution is -2.17. The second kappa shape index (κ2) is 7.13. The smallest absolute Gasteiger partial charge is 0.264 e. The van der Waals surface area contributed by atoms with Gasteiger partial charge in [-0.25, -0.2) is 0 Å². The van der Waals surface area contributed by atoms with Crippen molar-refractivity contribution in [1.82, 2.24) is 10.2 Å². The summed E-state index contributed by atoms with van der Waals surface area (Å²) in [6.45, 7) is 0. The number of thioether (sulfide) groups is 2. The number of nitrogens with zero attached hydrogens (tertiary/aromatic N) is 5. The van der Waals surface area contributed by atoms with E-state index < -0.39 is 17.7 Å². The van der Waals surface area contributed by atoms with Gasteiger partial charge in [-0.3, -0.25) is 5.01 Å². The number of benzene rings is 1. The zero-order valence-corrected chi connectivity index (χ0v) is 14.7. The monoisotopic (exact) mass is 399 g/mol. The predicted octanol–water partition coefficient (Wildman–Crippen LogP) is 4.25. The van der Waals surface area contributed by atoms with Gasteiger partial charge in [-0.2, -0.15) is 27.9 Å². The van der Waals surface area contributed by atoms with Gasteiger partial charge in [0.15, 0.2) is 9.40 Å². The van der Waals surface area contributed by atoms with Crippen LogP contribution in [0.2, 0.25) is 0 Å². The number of rotatable bonds is 2. The zero-order valence-electron chi connectivity index (χ0n) is 13.1. The number of hydrogen-bond donors (Lipinski definition) is 0.